The van der Waals surface area contributed by atoms with Gasteiger partial charge in [0.05, 0.1) is 5.02 Å². The summed E-state index contributed by atoms with van der Waals surface area (Å²) >= 11 is 6.57. The van der Waals surface area contributed by atoms with Crippen LogP contribution in [0.5, 0.6) is 0 Å². The van der Waals surface area contributed by atoms with Gasteiger partial charge in [0, 0.05) is 28.2 Å². The number of aromatic nitrogens is 1. The molecule has 1 amide bonds. The third-order valence-corrected chi connectivity index (χ3v) is 5.42. The summed E-state index contributed by atoms with van der Waals surface area (Å²) in [6.07, 6.45) is 1.89. The Morgan fingerprint density at radius 1 is 1.03 bits per heavy atom. The highest BCUT2D eigenvalue weighted by atomic mass is 35.5. The number of amides is 1. The molecule has 1 N–H and O–H groups in total. The Labute approximate surface area is 186 Å². The van der Waals surface area contributed by atoms with Crippen LogP contribution in [-0.2, 0) is 16.2 Å². The highest BCUT2D eigenvalue weighted by molar-refractivity contribution is 6.35. The maximum absolute atomic E-state index is 13.3. The number of benzene rings is 3. The van der Waals surface area contributed by atoms with Crippen LogP contribution in [0.3, 0.4) is 0 Å². The Kier molecular flexibility index (Phi) is 6.21. The summed E-state index contributed by atoms with van der Waals surface area (Å²) in [7, 11) is 0. The lowest BCUT2D eigenvalue weighted by Crippen LogP contribution is -2.36. The molecular weight excluding hydrogens is 408 g/mol. The lowest BCUT2D eigenvalue weighted by atomic mass is 9.97. The normalized spacial score (nSPS) is 11.9. The second-order valence-corrected chi connectivity index (χ2v) is 7.80. The molecule has 0 radical (unpaired) electrons. The van der Waals surface area contributed by atoms with Gasteiger partial charge in [0.15, 0.2) is 0 Å². The Balaban J connectivity index is 1.84. The van der Waals surface area contributed by atoms with Gasteiger partial charge in [-0.2, -0.15) is 0 Å². The first-order chi connectivity index (χ1) is 15.1. The number of aromatic amines is 1. The zero-order valence-corrected chi connectivity index (χ0v) is 18.0. The van der Waals surface area contributed by atoms with Crippen molar-refractivity contribution in [2.24, 2.45) is 0 Å². The van der Waals surface area contributed by atoms with Crippen LogP contribution in [0.25, 0.3) is 10.9 Å². The SMILES string of the molecule is C=C(C)C(=O)N(OCc1ccccc1)C(c1ccccc1)c1c[nH]c2cccc(Cl)c12. The fourth-order valence-corrected chi connectivity index (χ4v) is 3.90. The van der Waals surface area contributed by atoms with Crippen molar-refractivity contribution in [1.82, 2.24) is 10.0 Å². The summed E-state index contributed by atoms with van der Waals surface area (Å²) in [5.74, 6) is -0.286. The highest BCUT2D eigenvalue weighted by Gasteiger charge is 2.31. The fraction of sp³-hybridized carbons (Fsp3) is 0.115. The summed E-state index contributed by atoms with van der Waals surface area (Å²) < 4.78 is 0. The number of hydrogen-bond donors (Lipinski definition) is 1. The van der Waals surface area contributed by atoms with Crippen molar-refractivity contribution >= 4 is 28.4 Å². The Morgan fingerprint density at radius 3 is 2.39 bits per heavy atom. The maximum Gasteiger partial charge on any atom is 0.273 e. The maximum atomic E-state index is 13.3. The minimum Gasteiger partial charge on any atom is -0.361 e. The Bertz CT molecular complexity index is 1200. The predicted molar refractivity (Wildman–Crippen MR) is 124 cm³/mol. The molecule has 0 aliphatic carbocycles. The van der Waals surface area contributed by atoms with Crippen molar-refractivity contribution in [2.45, 2.75) is 19.6 Å². The van der Waals surface area contributed by atoms with Crippen molar-refractivity contribution in [3.63, 3.8) is 0 Å². The van der Waals surface area contributed by atoms with Gasteiger partial charge >= 0.3 is 0 Å². The third kappa shape index (κ3) is 4.41. The molecule has 0 aliphatic heterocycles. The van der Waals surface area contributed by atoms with Gasteiger partial charge in [0.25, 0.3) is 5.91 Å². The number of halogens is 1. The standard InChI is InChI=1S/C26H23ClN2O2/c1-18(2)26(30)29(31-17-19-10-5-3-6-11-19)25(20-12-7-4-8-13-20)21-16-28-23-15-9-14-22(27)24(21)23/h3-16,25,28H,1,17H2,2H3. The lowest BCUT2D eigenvalue weighted by molar-refractivity contribution is -0.198. The first-order valence-electron chi connectivity index (χ1n) is 10.0. The van der Waals surface area contributed by atoms with E-state index in [0.717, 1.165) is 27.6 Å². The van der Waals surface area contributed by atoms with E-state index < -0.39 is 6.04 Å². The van der Waals surface area contributed by atoms with Crippen LogP contribution < -0.4 is 0 Å². The molecule has 0 bridgehead atoms. The van der Waals surface area contributed by atoms with Crippen LogP contribution >= 0.6 is 11.6 Å². The summed E-state index contributed by atoms with van der Waals surface area (Å²) in [6, 6.07) is 24.7. The molecule has 1 heterocycles. The van der Waals surface area contributed by atoms with Crippen molar-refractivity contribution in [2.75, 3.05) is 0 Å². The molecule has 31 heavy (non-hydrogen) atoms. The smallest absolute Gasteiger partial charge is 0.273 e. The summed E-state index contributed by atoms with van der Waals surface area (Å²) in [5.41, 5.74) is 4.01. The number of nitrogens with zero attached hydrogens (tertiary/aromatic N) is 1. The molecule has 0 saturated carbocycles. The number of hydroxylamine groups is 2. The molecule has 4 nitrogen and oxygen atoms in total. The van der Waals surface area contributed by atoms with Crippen molar-refractivity contribution in [3.05, 3.63) is 119 Å². The van der Waals surface area contributed by atoms with E-state index >= 15 is 0 Å². The topological polar surface area (TPSA) is 45.3 Å². The van der Waals surface area contributed by atoms with Gasteiger partial charge in [-0.05, 0) is 30.2 Å². The van der Waals surface area contributed by atoms with Gasteiger partial charge in [-0.1, -0.05) is 84.9 Å². The molecule has 1 aromatic heterocycles. The summed E-state index contributed by atoms with van der Waals surface area (Å²) in [6.45, 7) is 5.80. The first kappa shape index (κ1) is 20.9. The van der Waals surface area contributed by atoms with Crippen molar-refractivity contribution in [1.29, 1.82) is 0 Å². The molecule has 0 aliphatic rings. The lowest BCUT2D eigenvalue weighted by Gasteiger charge is -2.31. The van der Waals surface area contributed by atoms with E-state index in [-0.39, 0.29) is 12.5 Å². The predicted octanol–water partition coefficient (Wildman–Crippen LogP) is 6.45. The van der Waals surface area contributed by atoms with E-state index in [1.165, 1.54) is 5.06 Å². The van der Waals surface area contributed by atoms with Gasteiger partial charge in [-0.15, -0.1) is 0 Å². The molecule has 4 rings (SSSR count). The monoisotopic (exact) mass is 430 g/mol. The van der Waals surface area contributed by atoms with Crippen LogP contribution in [0.15, 0.2) is 97.2 Å². The van der Waals surface area contributed by atoms with Gasteiger partial charge in [0.2, 0.25) is 0 Å². The van der Waals surface area contributed by atoms with Crippen LogP contribution in [0.1, 0.15) is 29.7 Å². The minimum absolute atomic E-state index is 0.249. The van der Waals surface area contributed by atoms with Crippen molar-refractivity contribution < 1.29 is 9.63 Å². The molecule has 0 spiro atoms. The highest BCUT2D eigenvalue weighted by Crippen LogP contribution is 2.37. The molecule has 1 atom stereocenters. The molecule has 4 aromatic rings. The number of hydrogen-bond acceptors (Lipinski definition) is 2. The van der Waals surface area contributed by atoms with Crippen LogP contribution in [0.4, 0.5) is 0 Å². The molecule has 0 saturated heterocycles. The Morgan fingerprint density at radius 2 is 1.71 bits per heavy atom. The van der Waals surface area contributed by atoms with Crippen LogP contribution in [-0.4, -0.2) is 16.0 Å². The van der Waals surface area contributed by atoms with E-state index in [1.54, 1.807) is 6.92 Å². The van der Waals surface area contributed by atoms with E-state index in [4.69, 9.17) is 16.4 Å². The molecule has 1 unspecified atom stereocenters. The van der Waals surface area contributed by atoms with Gasteiger partial charge in [0.1, 0.15) is 12.6 Å². The first-order valence-corrected chi connectivity index (χ1v) is 10.4. The number of carbonyl (C=O) groups is 1. The third-order valence-electron chi connectivity index (χ3n) is 5.11. The number of nitrogens with one attached hydrogen (secondary N) is 1. The van der Waals surface area contributed by atoms with Crippen molar-refractivity contribution in [3.8, 4) is 0 Å². The quantitative estimate of drug-likeness (QED) is 0.270. The van der Waals surface area contributed by atoms with E-state index in [2.05, 4.69) is 11.6 Å². The summed E-state index contributed by atoms with van der Waals surface area (Å²) in [5, 5.41) is 2.89. The molecule has 0 fully saturated rings. The zero-order chi connectivity index (χ0) is 21.8. The molecule has 156 valence electrons. The second kappa shape index (κ2) is 9.21. The molecule has 5 heteroatoms. The average Bonchev–Trinajstić information content (AvgIpc) is 3.22. The average molecular weight is 431 g/mol. The largest absolute Gasteiger partial charge is 0.361 e. The molecule has 3 aromatic carbocycles. The minimum atomic E-state index is -0.511. The van der Waals surface area contributed by atoms with Gasteiger partial charge < -0.3 is 4.98 Å². The fourth-order valence-electron chi connectivity index (χ4n) is 3.61. The van der Waals surface area contributed by atoms with E-state index in [0.29, 0.717) is 10.6 Å². The van der Waals surface area contributed by atoms with Crippen LogP contribution in [0, 0.1) is 0 Å². The summed E-state index contributed by atoms with van der Waals surface area (Å²) in [4.78, 5) is 22.7. The second-order valence-electron chi connectivity index (χ2n) is 7.39. The number of H-pyrrole nitrogens is 1. The zero-order valence-electron chi connectivity index (χ0n) is 17.2. The van der Waals surface area contributed by atoms with Gasteiger partial charge in [-0.25, -0.2) is 5.06 Å². The molecular formula is C26H23ClN2O2. The van der Waals surface area contributed by atoms with Gasteiger partial charge in [-0.3, -0.25) is 9.63 Å². The number of fused-ring (bicyclic) bond motifs is 1. The number of carbonyl (C=O) groups excluding carboxylic acids is 1. The van der Waals surface area contributed by atoms with E-state index in [9.17, 15) is 4.79 Å². The van der Waals surface area contributed by atoms with E-state index in [1.807, 2.05) is 85.1 Å². The number of rotatable bonds is 7. The van der Waals surface area contributed by atoms with Crippen LogP contribution in [0.2, 0.25) is 5.02 Å². The Hall–Kier alpha value is -3.34.